The fraction of sp³-hybridized carbons (Fsp3) is 0.350. The molecule has 0 aliphatic carbocycles. The highest BCUT2D eigenvalue weighted by Crippen LogP contribution is 2.37. The molecule has 0 saturated heterocycles. The lowest BCUT2D eigenvalue weighted by molar-refractivity contribution is -2.00. The number of rotatable bonds is 6. The van der Waals surface area contributed by atoms with Crippen LogP contribution in [0.15, 0.2) is 24.3 Å². The minimum Gasteiger partial charge on any atom is -0.462 e. The number of hydrogen-bond donors (Lipinski definition) is 0. The molecule has 1 aromatic heterocycles. The molecule has 0 fully saturated rings. The van der Waals surface area contributed by atoms with Gasteiger partial charge >= 0.3 is 11.9 Å². The highest BCUT2D eigenvalue weighted by molar-refractivity contribution is 6.07. The predicted octanol–water partition coefficient (Wildman–Crippen LogP) is -1.70. The zero-order chi connectivity index (χ0) is 25.5. The topological polar surface area (TPSA) is 192 Å². The van der Waals surface area contributed by atoms with E-state index in [0.29, 0.717) is 11.4 Å². The van der Waals surface area contributed by atoms with Gasteiger partial charge in [0, 0.05) is 25.5 Å². The summed E-state index contributed by atoms with van der Waals surface area (Å²) in [7, 11) is -3.24. The lowest BCUT2D eigenvalue weighted by Gasteiger charge is -2.17. The van der Waals surface area contributed by atoms with Crippen LogP contribution in [0, 0.1) is 34.2 Å². The zero-order valence-electron chi connectivity index (χ0n) is 18.6. The summed E-state index contributed by atoms with van der Waals surface area (Å²) in [5.41, 5.74) is 1.35. The van der Waals surface area contributed by atoms with E-state index in [1.54, 1.807) is 45.4 Å². The Hall–Kier alpha value is -3.16. The molecule has 13 heteroatoms. The Bertz CT molecular complexity index is 999. The molecule has 0 atom stereocenters. The summed E-state index contributed by atoms with van der Waals surface area (Å²) in [6.07, 6.45) is 0. The van der Waals surface area contributed by atoms with Crippen LogP contribution in [-0.4, -0.2) is 30.1 Å². The SMILES string of the molecule is CCOC(=O)c1c(-c2ccccc2[N+](=O)[O-])c(C(=O)OCC)c(C)[n+](C)c1C.[O-][Cl+3]([O-])([O-])[O-]. The number of nitro benzene ring substituents is 1. The van der Waals surface area contributed by atoms with Crippen molar-refractivity contribution in [2.24, 2.45) is 7.05 Å². The Morgan fingerprint density at radius 2 is 1.33 bits per heavy atom. The van der Waals surface area contributed by atoms with Gasteiger partial charge in [0.05, 0.1) is 23.7 Å². The highest BCUT2D eigenvalue weighted by Gasteiger charge is 2.36. The molecule has 0 spiro atoms. The van der Waals surface area contributed by atoms with Gasteiger partial charge in [-0.1, -0.05) is 12.1 Å². The number of esters is 2. The first-order chi connectivity index (χ1) is 15.3. The summed E-state index contributed by atoms with van der Waals surface area (Å²) in [6.45, 7) is 6.98. The van der Waals surface area contributed by atoms with Gasteiger partial charge in [0.25, 0.3) is 5.69 Å². The molecule has 1 heterocycles. The molecule has 0 saturated carbocycles. The van der Waals surface area contributed by atoms with Crippen molar-refractivity contribution in [3.8, 4) is 11.1 Å². The number of nitrogens with zero attached hydrogens (tertiary/aromatic N) is 2. The smallest absolute Gasteiger partial charge is 0.345 e. The van der Waals surface area contributed by atoms with E-state index in [-0.39, 0.29) is 41.2 Å². The van der Waals surface area contributed by atoms with Gasteiger partial charge in [0.1, 0.15) is 18.2 Å². The zero-order valence-corrected chi connectivity index (χ0v) is 19.3. The van der Waals surface area contributed by atoms with E-state index >= 15 is 0 Å². The van der Waals surface area contributed by atoms with Crippen molar-refractivity contribution in [3.63, 3.8) is 0 Å². The lowest BCUT2D eigenvalue weighted by Crippen LogP contribution is -2.68. The number of halogens is 1. The van der Waals surface area contributed by atoms with Crippen LogP contribution in [0.25, 0.3) is 11.1 Å². The second-order valence-electron chi connectivity index (χ2n) is 6.45. The maximum atomic E-state index is 12.8. The molecule has 0 aliphatic heterocycles. The molecule has 0 unspecified atom stereocenters. The summed E-state index contributed by atoms with van der Waals surface area (Å²) < 4.78 is 46.0. The van der Waals surface area contributed by atoms with Gasteiger partial charge < -0.3 is 9.47 Å². The van der Waals surface area contributed by atoms with Crippen LogP contribution in [0.2, 0.25) is 0 Å². The summed E-state index contributed by atoms with van der Waals surface area (Å²) in [4.78, 5) is 36.6. The highest BCUT2D eigenvalue weighted by atomic mass is 35.7. The summed E-state index contributed by atoms with van der Waals surface area (Å²) in [5.74, 6) is -1.32. The Morgan fingerprint density at radius 3 is 1.70 bits per heavy atom. The Labute approximate surface area is 191 Å². The van der Waals surface area contributed by atoms with Crippen LogP contribution < -0.4 is 23.2 Å². The first kappa shape index (κ1) is 27.9. The van der Waals surface area contributed by atoms with Gasteiger partial charge in [-0.2, -0.15) is 0 Å². The first-order valence-corrected chi connectivity index (χ1v) is 10.7. The molecule has 2 rings (SSSR count). The maximum Gasteiger partial charge on any atom is 0.345 e. The van der Waals surface area contributed by atoms with E-state index in [2.05, 4.69) is 0 Å². The van der Waals surface area contributed by atoms with Crippen LogP contribution in [0.4, 0.5) is 5.69 Å². The average Bonchev–Trinajstić information content (AvgIpc) is 2.70. The fourth-order valence-corrected chi connectivity index (χ4v) is 3.09. The third-order valence-electron chi connectivity index (χ3n) is 4.56. The van der Waals surface area contributed by atoms with Crippen molar-refractivity contribution in [1.82, 2.24) is 0 Å². The number of nitro groups is 1. The third-order valence-corrected chi connectivity index (χ3v) is 4.56. The largest absolute Gasteiger partial charge is 0.462 e. The molecule has 1 aromatic carbocycles. The molecule has 2 aromatic rings. The number of carbonyl (C=O) groups is 2. The van der Waals surface area contributed by atoms with Gasteiger partial charge in [0.2, 0.25) is 0 Å². The van der Waals surface area contributed by atoms with Crippen LogP contribution in [0.3, 0.4) is 0 Å². The van der Waals surface area contributed by atoms with E-state index in [4.69, 9.17) is 28.1 Å². The Balaban J connectivity index is 0.000000981. The van der Waals surface area contributed by atoms with Crippen LogP contribution in [0.1, 0.15) is 46.0 Å². The van der Waals surface area contributed by atoms with E-state index in [1.165, 1.54) is 18.2 Å². The standard InChI is InChI=1S/C20H23N2O6.ClHO4/c1-6-27-19(23)16-12(3)21(5)13(4)17(20(24)28-7-2)18(16)14-10-8-9-11-15(14)22(25)26;2-1(3,4)5/h8-11H,6-7H2,1-5H3;(H,2,3,4,5)/q+1;/p-1. The molecule has 0 N–H and O–H groups in total. The number of hydrogen-bond acceptors (Lipinski definition) is 10. The van der Waals surface area contributed by atoms with E-state index in [9.17, 15) is 19.7 Å². The van der Waals surface area contributed by atoms with Gasteiger partial charge in [-0.15, -0.1) is 10.2 Å². The van der Waals surface area contributed by atoms with Gasteiger partial charge in [-0.3, -0.25) is 10.1 Å². The van der Waals surface area contributed by atoms with Gasteiger partial charge in [0.15, 0.2) is 11.4 Å². The molecule has 0 amide bonds. The number of aromatic nitrogens is 1. The van der Waals surface area contributed by atoms with Crippen LogP contribution in [0.5, 0.6) is 0 Å². The molecule has 180 valence electrons. The number of carbonyl (C=O) groups excluding carboxylic acids is 2. The normalized spacial score (nSPS) is 10.7. The minimum atomic E-state index is -4.94. The van der Waals surface area contributed by atoms with E-state index in [1.807, 2.05) is 0 Å². The minimum absolute atomic E-state index is 0.104. The molecule has 0 radical (unpaired) electrons. The summed E-state index contributed by atoms with van der Waals surface area (Å²) in [6, 6.07) is 5.98. The van der Waals surface area contributed by atoms with Gasteiger partial charge in [-0.05, 0) is 19.9 Å². The number of pyridine rings is 1. The second kappa shape index (κ2) is 11.6. The number of benzene rings is 1. The van der Waals surface area contributed by atoms with E-state index in [0.717, 1.165) is 0 Å². The van der Waals surface area contributed by atoms with Crippen molar-refractivity contribution in [1.29, 1.82) is 0 Å². The molecule has 0 aliphatic rings. The Morgan fingerprint density at radius 1 is 0.939 bits per heavy atom. The van der Waals surface area contributed by atoms with Crippen LogP contribution >= 0.6 is 0 Å². The molecule has 12 nitrogen and oxygen atoms in total. The number of ether oxygens (including phenoxy) is 2. The second-order valence-corrected chi connectivity index (χ2v) is 7.20. The predicted molar refractivity (Wildman–Crippen MR) is 101 cm³/mol. The third kappa shape index (κ3) is 7.17. The van der Waals surface area contributed by atoms with E-state index < -0.39 is 27.1 Å². The maximum absolute atomic E-state index is 12.8. The quantitative estimate of drug-likeness (QED) is 0.196. The molecular formula is C20H23ClN2O10. The molecule has 33 heavy (non-hydrogen) atoms. The van der Waals surface area contributed by atoms with Crippen molar-refractivity contribution < 1.29 is 57.4 Å². The Kier molecular flexibility index (Phi) is 9.82. The van der Waals surface area contributed by atoms with Crippen molar-refractivity contribution >= 4 is 17.6 Å². The lowest BCUT2D eigenvalue weighted by atomic mass is 9.91. The fourth-order valence-electron chi connectivity index (χ4n) is 3.09. The molecule has 0 bridgehead atoms. The van der Waals surface area contributed by atoms with Crippen LogP contribution in [-0.2, 0) is 16.5 Å². The molecular weight excluding hydrogens is 464 g/mol. The van der Waals surface area contributed by atoms with Gasteiger partial charge in [-0.25, -0.2) is 32.8 Å². The summed E-state index contributed by atoms with van der Waals surface area (Å²) in [5, 5.41) is 11.6. The van der Waals surface area contributed by atoms with Crippen molar-refractivity contribution in [2.75, 3.05) is 13.2 Å². The number of para-hydroxylation sites is 1. The van der Waals surface area contributed by atoms with Crippen molar-refractivity contribution in [2.45, 2.75) is 27.7 Å². The van der Waals surface area contributed by atoms with Crippen molar-refractivity contribution in [3.05, 3.63) is 56.9 Å². The average molecular weight is 487 g/mol. The monoisotopic (exact) mass is 486 g/mol. The first-order valence-electron chi connectivity index (χ1n) is 9.49. The summed E-state index contributed by atoms with van der Waals surface area (Å²) >= 11 is 0.